The molecule has 0 aliphatic rings. The van der Waals surface area contributed by atoms with Crippen molar-refractivity contribution in [3.63, 3.8) is 0 Å². The summed E-state index contributed by atoms with van der Waals surface area (Å²) in [5.41, 5.74) is 2.00. The summed E-state index contributed by atoms with van der Waals surface area (Å²) in [7, 11) is 0. The molecule has 2 nitrogen and oxygen atoms in total. The third-order valence-corrected chi connectivity index (χ3v) is 2.79. The van der Waals surface area contributed by atoms with Crippen LogP contribution in [0.2, 0.25) is 0 Å². The number of anilines is 1. The summed E-state index contributed by atoms with van der Waals surface area (Å²) in [6.07, 6.45) is -0.423. The van der Waals surface area contributed by atoms with E-state index in [-0.39, 0.29) is 0 Å². The molecule has 0 spiro atoms. The monoisotopic (exact) mass is 207 g/mol. The average molecular weight is 207 g/mol. The standard InChI is InChI=1S/C13H21NO/c1-9(2)10(3)14-13-8-6-5-7-12(13)11(4)15/h5-11,14-15H,1-4H3. The Bertz CT molecular complexity index is 307. The van der Waals surface area contributed by atoms with Crippen LogP contribution in [0.3, 0.4) is 0 Å². The molecular formula is C13H21NO. The van der Waals surface area contributed by atoms with E-state index in [2.05, 4.69) is 26.1 Å². The Hall–Kier alpha value is -1.02. The van der Waals surface area contributed by atoms with E-state index in [1.54, 1.807) is 6.92 Å². The zero-order chi connectivity index (χ0) is 11.4. The van der Waals surface area contributed by atoms with Gasteiger partial charge in [-0.15, -0.1) is 0 Å². The molecule has 0 radical (unpaired) electrons. The van der Waals surface area contributed by atoms with Crippen LogP contribution < -0.4 is 5.32 Å². The normalized spacial score (nSPS) is 15.1. The molecule has 0 fully saturated rings. The summed E-state index contributed by atoms with van der Waals surface area (Å²) in [6, 6.07) is 8.32. The Morgan fingerprint density at radius 1 is 1.07 bits per heavy atom. The van der Waals surface area contributed by atoms with Gasteiger partial charge in [0.1, 0.15) is 0 Å². The SMILES string of the molecule is CC(O)c1ccccc1NC(C)C(C)C. The quantitative estimate of drug-likeness (QED) is 0.794. The average Bonchev–Trinajstić information content (AvgIpc) is 2.18. The maximum absolute atomic E-state index is 9.62. The Morgan fingerprint density at radius 2 is 1.67 bits per heavy atom. The number of hydrogen-bond donors (Lipinski definition) is 2. The maximum atomic E-state index is 9.62. The molecule has 0 heterocycles. The molecule has 0 aliphatic carbocycles. The van der Waals surface area contributed by atoms with Gasteiger partial charge in [-0.1, -0.05) is 32.0 Å². The first-order valence-corrected chi connectivity index (χ1v) is 5.56. The third-order valence-electron chi connectivity index (χ3n) is 2.79. The van der Waals surface area contributed by atoms with Crippen LogP contribution in [0.5, 0.6) is 0 Å². The lowest BCUT2D eigenvalue weighted by molar-refractivity contribution is 0.200. The van der Waals surface area contributed by atoms with Crippen LogP contribution >= 0.6 is 0 Å². The molecule has 1 aromatic rings. The summed E-state index contributed by atoms with van der Waals surface area (Å²) < 4.78 is 0. The number of rotatable bonds is 4. The van der Waals surface area contributed by atoms with Crippen LogP contribution in [0, 0.1) is 5.92 Å². The molecule has 2 N–H and O–H groups in total. The van der Waals surface area contributed by atoms with Gasteiger partial charge in [-0.2, -0.15) is 0 Å². The maximum Gasteiger partial charge on any atom is 0.0781 e. The summed E-state index contributed by atoms with van der Waals surface area (Å²) in [6.45, 7) is 8.31. The van der Waals surface area contributed by atoms with Crippen LogP contribution in [-0.2, 0) is 0 Å². The van der Waals surface area contributed by atoms with Gasteiger partial charge in [0.05, 0.1) is 6.10 Å². The lowest BCUT2D eigenvalue weighted by atomic mass is 10.0. The fourth-order valence-corrected chi connectivity index (χ4v) is 1.40. The summed E-state index contributed by atoms with van der Waals surface area (Å²) in [5, 5.41) is 13.0. The Kier molecular flexibility index (Phi) is 4.15. The van der Waals surface area contributed by atoms with Crippen LogP contribution in [-0.4, -0.2) is 11.1 Å². The number of nitrogens with one attached hydrogen (secondary N) is 1. The zero-order valence-electron chi connectivity index (χ0n) is 9.99. The van der Waals surface area contributed by atoms with Crippen LogP contribution in [0.1, 0.15) is 39.4 Å². The minimum absolute atomic E-state index is 0.407. The van der Waals surface area contributed by atoms with Crippen molar-refractivity contribution >= 4 is 5.69 Å². The third kappa shape index (κ3) is 3.24. The number of aliphatic hydroxyl groups excluding tert-OH is 1. The zero-order valence-corrected chi connectivity index (χ0v) is 9.99. The highest BCUT2D eigenvalue weighted by Crippen LogP contribution is 2.23. The predicted molar refractivity (Wildman–Crippen MR) is 65.0 cm³/mol. The molecule has 2 heteroatoms. The molecular weight excluding hydrogens is 186 g/mol. The van der Waals surface area contributed by atoms with Gasteiger partial charge < -0.3 is 10.4 Å². The fraction of sp³-hybridized carbons (Fsp3) is 0.538. The van der Waals surface area contributed by atoms with Crippen LogP contribution in [0.15, 0.2) is 24.3 Å². The molecule has 0 saturated heterocycles. The Labute approximate surface area is 92.3 Å². The van der Waals surface area contributed by atoms with Crippen LogP contribution in [0.25, 0.3) is 0 Å². The summed E-state index contributed by atoms with van der Waals surface area (Å²) in [5.74, 6) is 0.576. The molecule has 0 bridgehead atoms. The number of aliphatic hydroxyl groups is 1. The number of hydrogen-bond acceptors (Lipinski definition) is 2. The van der Waals surface area contributed by atoms with E-state index in [4.69, 9.17) is 0 Å². The molecule has 0 saturated carbocycles. The molecule has 0 amide bonds. The topological polar surface area (TPSA) is 32.3 Å². The second-order valence-electron chi connectivity index (χ2n) is 4.44. The fourth-order valence-electron chi connectivity index (χ4n) is 1.40. The molecule has 1 aromatic carbocycles. The molecule has 84 valence electrons. The highest BCUT2D eigenvalue weighted by molar-refractivity contribution is 5.52. The molecule has 15 heavy (non-hydrogen) atoms. The van der Waals surface area contributed by atoms with Gasteiger partial charge in [-0.05, 0) is 25.8 Å². The van der Waals surface area contributed by atoms with Gasteiger partial charge in [0.2, 0.25) is 0 Å². The molecule has 2 unspecified atom stereocenters. The molecule has 2 atom stereocenters. The molecule has 1 rings (SSSR count). The van der Waals surface area contributed by atoms with E-state index in [0.29, 0.717) is 12.0 Å². The minimum Gasteiger partial charge on any atom is -0.389 e. The van der Waals surface area contributed by atoms with Crippen molar-refractivity contribution in [3.8, 4) is 0 Å². The van der Waals surface area contributed by atoms with Crippen molar-refractivity contribution in [1.29, 1.82) is 0 Å². The lowest BCUT2D eigenvalue weighted by Gasteiger charge is -2.21. The second-order valence-corrected chi connectivity index (χ2v) is 4.44. The Morgan fingerprint density at radius 3 is 2.20 bits per heavy atom. The van der Waals surface area contributed by atoms with Gasteiger partial charge in [0.15, 0.2) is 0 Å². The summed E-state index contributed by atoms with van der Waals surface area (Å²) >= 11 is 0. The first kappa shape index (κ1) is 12.1. The van der Waals surface area contributed by atoms with Gasteiger partial charge in [-0.25, -0.2) is 0 Å². The van der Waals surface area contributed by atoms with Gasteiger partial charge in [-0.3, -0.25) is 0 Å². The van der Waals surface area contributed by atoms with Crippen molar-refractivity contribution in [2.75, 3.05) is 5.32 Å². The first-order valence-electron chi connectivity index (χ1n) is 5.56. The first-order chi connectivity index (χ1) is 7.02. The van der Waals surface area contributed by atoms with Crippen LogP contribution in [0.4, 0.5) is 5.69 Å². The van der Waals surface area contributed by atoms with E-state index in [9.17, 15) is 5.11 Å². The number of para-hydroxylation sites is 1. The smallest absolute Gasteiger partial charge is 0.0781 e. The lowest BCUT2D eigenvalue weighted by Crippen LogP contribution is -2.22. The van der Waals surface area contributed by atoms with E-state index in [1.807, 2.05) is 24.3 Å². The van der Waals surface area contributed by atoms with Crippen molar-refractivity contribution in [3.05, 3.63) is 29.8 Å². The number of benzene rings is 1. The minimum atomic E-state index is -0.423. The van der Waals surface area contributed by atoms with Gasteiger partial charge in [0.25, 0.3) is 0 Å². The van der Waals surface area contributed by atoms with E-state index in [0.717, 1.165) is 11.3 Å². The van der Waals surface area contributed by atoms with Gasteiger partial charge in [0, 0.05) is 17.3 Å². The highest BCUT2D eigenvalue weighted by Gasteiger charge is 2.11. The van der Waals surface area contributed by atoms with Gasteiger partial charge >= 0.3 is 0 Å². The predicted octanol–water partition coefficient (Wildman–Crippen LogP) is 3.20. The Balaban J connectivity index is 2.84. The highest BCUT2D eigenvalue weighted by atomic mass is 16.3. The van der Waals surface area contributed by atoms with E-state index in [1.165, 1.54) is 0 Å². The van der Waals surface area contributed by atoms with Crippen molar-refractivity contribution in [1.82, 2.24) is 0 Å². The second kappa shape index (κ2) is 5.17. The molecule has 0 aliphatic heterocycles. The van der Waals surface area contributed by atoms with E-state index < -0.39 is 6.10 Å². The van der Waals surface area contributed by atoms with E-state index >= 15 is 0 Å². The largest absolute Gasteiger partial charge is 0.389 e. The molecule has 0 aromatic heterocycles. The van der Waals surface area contributed by atoms with Crippen molar-refractivity contribution in [2.45, 2.75) is 39.8 Å². The summed E-state index contributed by atoms with van der Waals surface area (Å²) in [4.78, 5) is 0. The van der Waals surface area contributed by atoms with Crippen molar-refractivity contribution < 1.29 is 5.11 Å². The van der Waals surface area contributed by atoms with Crippen molar-refractivity contribution in [2.24, 2.45) is 5.92 Å².